The first-order valence-electron chi connectivity index (χ1n) is 11.1. The number of rotatable bonds is 6. The van der Waals surface area contributed by atoms with Crippen LogP contribution >= 0.6 is 15.9 Å². The number of hydrogen-bond acceptors (Lipinski definition) is 5. The van der Waals surface area contributed by atoms with Crippen molar-refractivity contribution in [1.82, 2.24) is 14.7 Å². The number of halogens is 1. The number of aliphatic hydroxyl groups excluding tert-OH is 1. The van der Waals surface area contributed by atoms with Crippen molar-refractivity contribution in [3.8, 4) is 0 Å². The van der Waals surface area contributed by atoms with Crippen molar-refractivity contribution in [2.24, 2.45) is 0 Å². The highest BCUT2D eigenvalue weighted by Gasteiger charge is 2.32. The van der Waals surface area contributed by atoms with Gasteiger partial charge in [-0.15, -0.1) is 0 Å². The van der Waals surface area contributed by atoms with E-state index in [1.807, 2.05) is 53.3 Å². The summed E-state index contributed by atoms with van der Waals surface area (Å²) in [6.07, 6.45) is 4.14. The molecular weight excluding hydrogens is 474 g/mol. The zero-order valence-corrected chi connectivity index (χ0v) is 19.3. The molecule has 2 saturated heterocycles. The molecule has 2 aliphatic rings. The Morgan fingerprint density at radius 3 is 2.94 bits per heavy atom. The number of carbonyl (C=O) groups excluding carboxylic acids is 1. The van der Waals surface area contributed by atoms with Gasteiger partial charge < -0.3 is 19.5 Å². The van der Waals surface area contributed by atoms with Crippen LogP contribution in [0.3, 0.4) is 0 Å². The Morgan fingerprint density at radius 1 is 1.22 bits per heavy atom. The monoisotopic (exact) mass is 499 g/mol. The molecule has 8 heteroatoms. The number of fused-ring (bicyclic) bond motifs is 1. The van der Waals surface area contributed by atoms with Crippen LogP contribution in [0.15, 0.2) is 53.1 Å². The minimum Gasteiger partial charge on any atom is -0.439 e. The molecule has 1 amide bonds. The van der Waals surface area contributed by atoms with E-state index >= 15 is 0 Å². The van der Waals surface area contributed by atoms with Crippen molar-refractivity contribution in [3.63, 3.8) is 0 Å². The third-order valence-electron chi connectivity index (χ3n) is 6.21. The molecule has 5 rings (SSSR count). The van der Waals surface area contributed by atoms with Gasteiger partial charge in [-0.2, -0.15) is 5.10 Å². The normalized spacial score (nSPS) is 22.3. The van der Waals surface area contributed by atoms with E-state index in [2.05, 4.69) is 21.0 Å². The summed E-state index contributed by atoms with van der Waals surface area (Å²) in [6, 6.07) is 13.7. The van der Waals surface area contributed by atoms with E-state index in [0.29, 0.717) is 19.5 Å². The summed E-state index contributed by atoms with van der Waals surface area (Å²) in [7, 11) is 0. The number of aliphatic hydroxyl groups is 1. The summed E-state index contributed by atoms with van der Waals surface area (Å²) < 4.78 is 14.3. The molecule has 1 aromatic heterocycles. The average Bonchev–Trinajstić information content (AvgIpc) is 3.41. The van der Waals surface area contributed by atoms with Crippen LogP contribution in [0.4, 0.5) is 4.79 Å². The summed E-state index contributed by atoms with van der Waals surface area (Å²) in [5, 5.41) is 16.3. The number of aromatic nitrogens is 2. The van der Waals surface area contributed by atoms with E-state index in [9.17, 15) is 9.90 Å². The predicted octanol–water partition coefficient (Wildman–Crippen LogP) is 5.11. The molecule has 3 heterocycles. The van der Waals surface area contributed by atoms with Gasteiger partial charge in [0.25, 0.3) is 0 Å². The van der Waals surface area contributed by atoms with E-state index in [0.717, 1.165) is 52.4 Å². The molecule has 2 aliphatic heterocycles. The van der Waals surface area contributed by atoms with Gasteiger partial charge in [-0.3, -0.25) is 0 Å². The fraction of sp³-hybridized carbons (Fsp3) is 0.417. The maximum Gasteiger partial charge on any atom is 0.410 e. The third kappa shape index (κ3) is 4.40. The number of cyclic esters (lactones) is 1. The molecule has 7 nitrogen and oxygen atoms in total. The topological polar surface area (TPSA) is 76.8 Å². The number of carbonyl (C=O) groups is 1. The van der Waals surface area contributed by atoms with E-state index in [1.54, 1.807) is 4.90 Å². The van der Waals surface area contributed by atoms with Crippen LogP contribution in [-0.2, 0) is 9.47 Å². The van der Waals surface area contributed by atoms with Crippen molar-refractivity contribution in [3.05, 3.63) is 64.3 Å². The molecule has 2 aromatic carbocycles. The molecule has 0 radical (unpaired) electrons. The van der Waals surface area contributed by atoms with Crippen LogP contribution in [0.1, 0.15) is 55.2 Å². The molecule has 0 saturated carbocycles. The SMILES string of the molecule is O=C1OC(c2cccc(Br)c2)CN1CCC(O)c1ccc2c(cnn2C2CCCCO2)c1. The lowest BCUT2D eigenvalue weighted by molar-refractivity contribution is -0.0366. The Bertz CT molecular complexity index is 1110. The Hall–Kier alpha value is -2.42. The molecule has 2 fully saturated rings. The lowest BCUT2D eigenvalue weighted by Crippen LogP contribution is -2.26. The van der Waals surface area contributed by atoms with Crippen molar-refractivity contribution in [1.29, 1.82) is 0 Å². The second-order valence-electron chi connectivity index (χ2n) is 8.41. The first kappa shape index (κ1) is 21.4. The molecule has 168 valence electrons. The van der Waals surface area contributed by atoms with Crippen LogP contribution in [-0.4, -0.2) is 45.6 Å². The van der Waals surface area contributed by atoms with Crippen LogP contribution in [0.5, 0.6) is 0 Å². The average molecular weight is 500 g/mol. The number of amides is 1. The smallest absolute Gasteiger partial charge is 0.410 e. The molecule has 0 spiro atoms. The molecule has 0 aliphatic carbocycles. The summed E-state index contributed by atoms with van der Waals surface area (Å²) in [5.41, 5.74) is 2.78. The third-order valence-corrected chi connectivity index (χ3v) is 6.71. The lowest BCUT2D eigenvalue weighted by Gasteiger charge is -2.23. The largest absolute Gasteiger partial charge is 0.439 e. The summed E-state index contributed by atoms with van der Waals surface area (Å²) in [4.78, 5) is 14.0. The van der Waals surface area contributed by atoms with Gasteiger partial charge in [0.05, 0.1) is 24.4 Å². The minimum absolute atomic E-state index is 0.0172. The van der Waals surface area contributed by atoms with Gasteiger partial charge in [0.2, 0.25) is 0 Å². The van der Waals surface area contributed by atoms with Gasteiger partial charge in [0, 0.05) is 23.0 Å². The number of nitrogens with zero attached hydrogens (tertiary/aromatic N) is 3. The Kier molecular flexibility index (Phi) is 6.17. The van der Waals surface area contributed by atoms with E-state index in [-0.39, 0.29) is 18.4 Å². The van der Waals surface area contributed by atoms with Gasteiger partial charge in [-0.05, 0) is 61.1 Å². The molecule has 3 aromatic rings. The van der Waals surface area contributed by atoms with Crippen molar-refractivity contribution < 1.29 is 19.4 Å². The Balaban J connectivity index is 1.22. The summed E-state index contributed by atoms with van der Waals surface area (Å²) >= 11 is 3.46. The summed E-state index contributed by atoms with van der Waals surface area (Å²) in [6.45, 7) is 1.68. The van der Waals surface area contributed by atoms with Crippen molar-refractivity contribution >= 4 is 32.9 Å². The zero-order valence-electron chi connectivity index (χ0n) is 17.7. The van der Waals surface area contributed by atoms with Crippen LogP contribution in [0.2, 0.25) is 0 Å². The Morgan fingerprint density at radius 2 is 2.12 bits per heavy atom. The maximum absolute atomic E-state index is 12.3. The molecule has 32 heavy (non-hydrogen) atoms. The van der Waals surface area contributed by atoms with Crippen LogP contribution in [0, 0.1) is 0 Å². The first-order chi connectivity index (χ1) is 15.6. The minimum atomic E-state index is -0.675. The van der Waals surface area contributed by atoms with Gasteiger partial charge in [0.1, 0.15) is 6.10 Å². The zero-order chi connectivity index (χ0) is 22.1. The molecule has 1 N–H and O–H groups in total. The van der Waals surface area contributed by atoms with Gasteiger partial charge in [-0.25, -0.2) is 9.48 Å². The maximum atomic E-state index is 12.3. The highest BCUT2D eigenvalue weighted by Crippen LogP contribution is 2.30. The lowest BCUT2D eigenvalue weighted by atomic mass is 10.0. The van der Waals surface area contributed by atoms with E-state index in [4.69, 9.17) is 9.47 Å². The van der Waals surface area contributed by atoms with Crippen molar-refractivity contribution in [2.75, 3.05) is 19.7 Å². The molecule has 0 bridgehead atoms. The predicted molar refractivity (Wildman–Crippen MR) is 123 cm³/mol. The highest BCUT2D eigenvalue weighted by atomic mass is 79.9. The fourth-order valence-electron chi connectivity index (χ4n) is 4.44. The quantitative estimate of drug-likeness (QED) is 0.509. The van der Waals surface area contributed by atoms with E-state index < -0.39 is 6.10 Å². The first-order valence-corrected chi connectivity index (χ1v) is 11.9. The number of ether oxygens (including phenoxy) is 2. The van der Waals surface area contributed by atoms with Gasteiger partial charge in [0.15, 0.2) is 6.23 Å². The fourth-order valence-corrected chi connectivity index (χ4v) is 4.86. The Labute approximate surface area is 195 Å². The van der Waals surface area contributed by atoms with E-state index in [1.165, 1.54) is 0 Å². The second-order valence-corrected chi connectivity index (χ2v) is 9.32. The summed E-state index contributed by atoms with van der Waals surface area (Å²) in [5.74, 6) is 0. The number of hydrogen-bond donors (Lipinski definition) is 1. The van der Waals surface area contributed by atoms with Crippen molar-refractivity contribution in [2.45, 2.75) is 44.1 Å². The number of benzene rings is 2. The van der Waals surface area contributed by atoms with Gasteiger partial charge >= 0.3 is 6.09 Å². The molecule has 3 unspecified atom stereocenters. The highest BCUT2D eigenvalue weighted by molar-refractivity contribution is 9.10. The second kappa shape index (κ2) is 9.21. The van der Waals surface area contributed by atoms with Gasteiger partial charge in [-0.1, -0.05) is 34.1 Å². The van der Waals surface area contributed by atoms with Crippen LogP contribution in [0.25, 0.3) is 10.9 Å². The van der Waals surface area contributed by atoms with Crippen LogP contribution < -0.4 is 0 Å². The molecular formula is C24H26BrN3O4. The standard InChI is InChI=1S/C24H26BrN3O4/c25-19-5-3-4-17(13-19)22-15-27(24(30)32-22)10-9-21(29)16-7-8-20-18(12-16)14-26-28(20)23-6-1-2-11-31-23/h3-5,7-8,12-14,21-23,29H,1-2,6,9-11,15H2. The molecule has 3 atom stereocenters.